The molecule has 0 saturated heterocycles. The Balaban J connectivity index is 2.13. The Morgan fingerprint density at radius 3 is 2.58 bits per heavy atom. The maximum absolute atomic E-state index is 6.34. The minimum absolute atomic E-state index is 0.0201. The first kappa shape index (κ1) is 13.8. The normalized spacial score (nSPS) is 12.9. The average molecular weight is 257 g/mol. The van der Waals surface area contributed by atoms with Crippen LogP contribution in [0.1, 0.15) is 49.7 Å². The molecule has 2 N–H and O–H groups in total. The van der Waals surface area contributed by atoms with Gasteiger partial charge in [0.2, 0.25) is 0 Å². The van der Waals surface area contributed by atoms with Crippen molar-refractivity contribution >= 4 is 0 Å². The van der Waals surface area contributed by atoms with Gasteiger partial charge in [-0.05, 0) is 37.5 Å². The molecular formula is C16H23N3. The largest absolute Gasteiger partial charge is 0.324 e. The molecule has 3 heteroatoms. The quantitative estimate of drug-likeness (QED) is 0.893. The van der Waals surface area contributed by atoms with Gasteiger partial charge in [0, 0.05) is 24.7 Å². The molecule has 0 bridgehead atoms. The molecule has 1 unspecified atom stereocenters. The topological polar surface area (TPSA) is 43.8 Å². The highest BCUT2D eigenvalue weighted by atomic mass is 15.3. The number of benzene rings is 1. The lowest BCUT2D eigenvalue weighted by atomic mass is 9.96. The summed E-state index contributed by atoms with van der Waals surface area (Å²) in [5.74, 6) is 0. The SMILES string of the molecule is CCc1ccccc1C(N)Cc1ccn(C(C)C)n1. The fourth-order valence-corrected chi connectivity index (χ4v) is 2.33. The molecule has 102 valence electrons. The summed E-state index contributed by atoms with van der Waals surface area (Å²) in [6, 6.07) is 10.9. The van der Waals surface area contributed by atoms with Gasteiger partial charge in [-0.1, -0.05) is 31.2 Å². The Labute approximate surface area is 115 Å². The summed E-state index contributed by atoms with van der Waals surface area (Å²) in [7, 11) is 0. The lowest BCUT2D eigenvalue weighted by Gasteiger charge is -2.14. The minimum atomic E-state index is 0.0201. The van der Waals surface area contributed by atoms with Gasteiger partial charge in [-0.25, -0.2) is 0 Å². The molecule has 1 heterocycles. The minimum Gasteiger partial charge on any atom is -0.324 e. The predicted octanol–water partition coefficient (Wildman–Crippen LogP) is 3.27. The predicted molar refractivity (Wildman–Crippen MR) is 79.1 cm³/mol. The van der Waals surface area contributed by atoms with Crippen molar-refractivity contribution in [3.63, 3.8) is 0 Å². The maximum Gasteiger partial charge on any atom is 0.0643 e. The number of aromatic nitrogens is 2. The highest BCUT2D eigenvalue weighted by Gasteiger charge is 2.12. The average Bonchev–Trinajstić information content (AvgIpc) is 2.87. The monoisotopic (exact) mass is 257 g/mol. The van der Waals surface area contributed by atoms with Crippen molar-refractivity contribution in [3.05, 3.63) is 53.3 Å². The van der Waals surface area contributed by atoms with E-state index in [1.807, 2.05) is 10.9 Å². The molecule has 19 heavy (non-hydrogen) atoms. The molecule has 0 saturated carbocycles. The first-order valence-corrected chi connectivity index (χ1v) is 6.99. The van der Waals surface area contributed by atoms with Crippen LogP contribution in [-0.4, -0.2) is 9.78 Å². The molecular weight excluding hydrogens is 234 g/mol. The second-order valence-corrected chi connectivity index (χ2v) is 5.24. The number of hydrogen-bond donors (Lipinski definition) is 1. The molecule has 0 aliphatic heterocycles. The third-order valence-electron chi connectivity index (χ3n) is 3.46. The van der Waals surface area contributed by atoms with Gasteiger partial charge >= 0.3 is 0 Å². The van der Waals surface area contributed by atoms with Gasteiger partial charge < -0.3 is 5.73 Å². The van der Waals surface area contributed by atoms with Crippen LogP contribution in [0.4, 0.5) is 0 Å². The van der Waals surface area contributed by atoms with Gasteiger partial charge in [0.05, 0.1) is 5.69 Å². The second-order valence-electron chi connectivity index (χ2n) is 5.24. The van der Waals surface area contributed by atoms with Crippen molar-refractivity contribution in [3.8, 4) is 0 Å². The molecule has 0 aliphatic rings. The van der Waals surface area contributed by atoms with Gasteiger partial charge in [0.15, 0.2) is 0 Å². The summed E-state index contributed by atoms with van der Waals surface area (Å²) < 4.78 is 1.98. The third kappa shape index (κ3) is 3.24. The maximum atomic E-state index is 6.34. The van der Waals surface area contributed by atoms with Gasteiger partial charge in [-0.15, -0.1) is 0 Å². The number of nitrogens with two attached hydrogens (primary N) is 1. The summed E-state index contributed by atoms with van der Waals surface area (Å²) in [5.41, 5.74) is 9.97. The molecule has 0 radical (unpaired) electrons. The van der Waals surface area contributed by atoms with Gasteiger partial charge in [-0.3, -0.25) is 4.68 Å². The summed E-state index contributed by atoms with van der Waals surface area (Å²) in [6.07, 6.45) is 3.83. The zero-order chi connectivity index (χ0) is 13.8. The van der Waals surface area contributed by atoms with Crippen molar-refractivity contribution in [1.82, 2.24) is 9.78 Å². The van der Waals surface area contributed by atoms with E-state index in [0.29, 0.717) is 6.04 Å². The molecule has 0 amide bonds. The third-order valence-corrected chi connectivity index (χ3v) is 3.46. The summed E-state index contributed by atoms with van der Waals surface area (Å²) in [6.45, 7) is 6.42. The van der Waals surface area contributed by atoms with Crippen molar-refractivity contribution in [2.45, 2.75) is 45.7 Å². The van der Waals surface area contributed by atoms with Crippen LogP contribution in [0, 0.1) is 0 Å². The number of nitrogens with zero attached hydrogens (tertiary/aromatic N) is 2. The van der Waals surface area contributed by atoms with E-state index < -0.39 is 0 Å². The molecule has 1 atom stereocenters. The van der Waals surface area contributed by atoms with E-state index in [4.69, 9.17) is 5.73 Å². The van der Waals surface area contributed by atoms with Crippen LogP contribution < -0.4 is 5.73 Å². The summed E-state index contributed by atoms with van der Waals surface area (Å²) in [5, 5.41) is 4.57. The van der Waals surface area contributed by atoms with E-state index in [1.54, 1.807) is 0 Å². The van der Waals surface area contributed by atoms with Crippen LogP contribution >= 0.6 is 0 Å². The highest BCUT2D eigenvalue weighted by molar-refractivity contribution is 5.30. The first-order valence-electron chi connectivity index (χ1n) is 6.99. The van der Waals surface area contributed by atoms with E-state index in [-0.39, 0.29) is 6.04 Å². The van der Waals surface area contributed by atoms with Crippen LogP contribution in [0.25, 0.3) is 0 Å². The summed E-state index contributed by atoms with van der Waals surface area (Å²) >= 11 is 0. The van der Waals surface area contributed by atoms with Crippen molar-refractivity contribution < 1.29 is 0 Å². The number of aryl methyl sites for hydroxylation is 1. The van der Waals surface area contributed by atoms with E-state index in [1.165, 1.54) is 11.1 Å². The lowest BCUT2D eigenvalue weighted by Crippen LogP contribution is -2.16. The van der Waals surface area contributed by atoms with E-state index in [9.17, 15) is 0 Å². The molecule has 2 rings (SSSR count). The fraction of sp³-hybridized carbons (Fsp3) is 0.438. The Bertz CT molecular complexity index is 528. The van der Waals surface area contributed by atoms with Crippen molar-refractivity contribution in [2.75, 3.05) is 0 Å². The molecule has 3 nitrogen and oxygen atoms in total. The molecule has 2 aromatic rings. The molecule has 1 aromatic heterocycles. The summed E-state index contributed by atoms with van der Waals surface area (Å²) in [4.78, 5) is 0. The van der Waals surface area contributed by atoms with Crippen LogP contribution in [0.15, 0.2) is 36.5 Å². The van der Waals surface area contributed by atoms with Crippen LogP contribution in [-0.2, 0) is 12.8 Å². The Kier molecular flexibility index (Phi) is 4.38. The Morgan fingerprint density at radius 1 is 1.21 bits per heavy atom. The van der Waals surface area contributed by atoms with E-state index >= 15 is 0 Å². The number of rotatable bonds is 5. The van der Waals surface area contributed by atoms with Crippen molar-refractivity contribution in [2.24, 2.45) is 5.73 Å². The van der Waals surface area contributed by atoms with Crippen LogP contribution in [0.3, 0.4) is 0 Å². The van der Waals surface area contributed by atoms with Gasteiger partial charge in [0.25, 0.3) is 0 Å². The van der Waals surface area contributed by atoms with E-state index in [0.717, 1.165) is 18.5 Å². The molecule has 1 aromatic carbocycles. The zero-order valence-corrected chi connectivity index (χ0v) is 12.0. The fourth-order valence-electron chi connectivity index (χ4n) is 2.33. The first-order chi connectivity index (χ1) is 9.11. The van der Waals surface area contributed by atoms with E-state index in [2.05, 4.69) is 56.2 Å². The standard InChI is InChI=1S/C16H23N3/c1-4-13-7-5-6-8-15(13)16(17)11-14-9-10-19(18-14)12(2)3/h5-10,12,16H,4,11,17H2,1-3H3. The Morgan fingerprint density at radius 2 is 1.95 bits per heavy atom. The molecule has 0 aliphatic carbocycles. The number of hydrogen-bond acceptors (Lipinski definition) is 2. The highest BCUT2D eigenvalue weighted by Crippen LogP contribution is 2.20. The van der Waals surface area contributed by atoms with Crippen molar-refractivity contribution in [1.29, 1.82) is 0 Å². The zero-order valence-electron chi connectivity index (χ0n) is 12.0. The Hall–Kier alpha value is -1.61. The molecule has 0 fully saturated rings. The lowest BCUT2D eigenvalue weighted by molar-refractivity contribution is 0.522. The smallest absolute Gasteiger partial charge is 0.0643 e. The van der Waals surface area contributed by atoms with Crippen LogP contribution in [0.5, 0.6) is 0 Å². The van der Waals surface area contributed by atoms with Gasteiger partial charge in [0.1, 0.15) is 0 Å². The molecule has 0 spiro atoms. The van der Waals surface area contributed by atoms with Crippen LogP contribution in [0.2, 0.25) is 0 Å². The van der Waals surface area contributed by atoms with Gasteiger partial charge in [-0.2, -0.15) is 5.10 Å². The second kappa shape index (κ2) is 6.02.